The quantitative estimate of drug-likeness (QED) is 0.397. The summed E-state index contributed by atoms with van der Waals surface area (Å²) in [6.45, 7) is 12.4. The summed E-state index contributed by atoms with van der Waals surface area (Å²) in [5.74, 6) is 1.59. The van der Waals surface area contributed by atoms with Crippen LogP contribution >= 0.6 is 0 Å². The van der Waals surface area contributed by atoms with E-state index in [1.807, 2.05) is 13.0 Å². The molecule has 4 rings (SSSR count). The predicted molar refractivity (Wildman–Crippen MR) is 130 cm³/mol. The van der Waals surface area contributed by atoms with Crippen LogP contribution in [0.4, 0.5) is 0 Å². The summed E-state index contributed by atoms with van der Waals surface area (Å²) >= 11 is 0. The summed E-state index contributed by atoms with van der Waals surface area (Å²) in [6.07, 6.45) is 12.3. The van der Waals surface area contributed by atoms with E-state index < -0.39 is 5.60 Å². The molecule has 0 amide bonds. The molecule has 0 aromatic carbocycles. The van der Waals surface area contributed by atoms with Gasteiger partial charge in [-0.3, -0.25) is 9.59 Å². The summed E-state index contributed by atoms with van der Waals surface area (Å²) in [5.41, 5.74) is 1.84. The Labute approximate surface area is 200 Å². The maximum Gasteiger partial charge on any atom is 0.302 e. The number of ketones is 1. The SMILES string of the molecule is CC(=O)OC1CC2C3CCC4=CC(=O)CCC4(C)C3CCC2(C)C1C(C)(O)CCC=C(C)C. The van der Waals surface area contributed by atoms with Crippen molar-refractivity contribution in [1.29, 1.82) is 0 Å². The number of carbonyl (C=O) groups excluding carboxylic acids is 2. The zero-order valence-electron chi connectivity index (χ0n) is 21.6. The van der Waals surface area contributed by atoms with E-state index in [1.165, 1.54) is 18.1 Å². The minimum absolute atomic E-state index is 0.0438. The molecule has 0 heterocycles. The van der Waals surface area contributed by atoms with Gasteiger partial charge in [-0.05, 0) is 107 Å². The third kappa shape index (κ3) is 4.26. The van der Waals surface area contributed by atoms with Crippen LogP contribution in [0.1, 0.15) is 99.3 Å². The number of ether oxygens (including phenoxy) is 1. The first-order valence-electron chi connectivity index (χ1n) is 13.2. The van der Waals surface area contributed by atoms with Gasteiger partial charge < -0.3 is 9.84 Å². The first-order chi connectivity index (χ1) is 15.4. The smallest absolute Gasteiger partial charge is 0.302 e. The van der Waals surface area contributed by atoms with Gasteiger partial charge in [-0.1, -0.05) is 31.1 Å². The van der Waals surface area contributed by atoms with Gasteiger partial charge in [0, 0.05) is 19.3 Å². The fraction of sp³-hybridized carbons (Fsp3) is 0.793. The van der Waals surface area contributed by atoms with Gasteiger partial charge in [0.05, 0.1) is 5.60 Å². The maximum absolute atomic E-state index is 12.1. The molecule has 0 radical (unpaired) electrons. The third-order valence-electron chi connectivity index (χ3n) is 10.2. The van der Waals surface area contributed by atoms with Crippen molar-refractivity contribution in [3.63, 3.8) is 0 Å². The van der Waals surface area contributed by atoms with E-state index in [2.05, 4.69) is 33.8 Å². The van der Waals surface area contributed by atoms with Crippen LogP contribution in [-0.2, 0) is 14.3 Å². The van der Waals surface area contributed by atoms with E-state index in [1.54, 1.807) is 0 Å². The van der Waals surface area contributed by atoms with Crippen LogP contribution in [0.5, 0.6) is 0 Å². The number of carbonyl (C=O) groups is 2. The molecule has 0 saturated heterocycles. The lowest BCUT2D eigenvalue weighted by Gasteiger charge is -2.58. The maximum atomic E-state index is 12.1. The van der Waals surface area contributed by atoms with Crippen molar-refractivity contribution in [2.24, 2.45) is 34.5 Å². The Bertz CT molecular complexity index is 863. The van der Waals surface area contributed by atoms with E-state index in [0.717, 1.165) is 44.9 Å². The number of aliphatic hydroxyl groups is 1. The van der Waals surface area contributed by atoms with Gasteiger partial charge in [0.25, 0.3) is 0 Å². The number of rotatable bonds is 5. The van der Waals surface area contributed by atoms with Gasteiger partial charge >= 0.3 is 5.97 Å². The van der Waals surface area contributed by atoms with Gasteiger partial charge in [-0.2, -0.15) is 0 Å². The molecule has 4 heteroatoms. The Kier molecular flexibility index (Phi) is 6.48. The Hall–Kier alpha value is -1.42. The number of esters is 1. The van der Waals surface area contributed by atoms with E-state index in [4.69, 9.17) is 4.74 Å². The number of allylic oxidation sites excluding steroid dienone is 3. The standard InChI is InChI=1S/C29H44O4/c1-18(2)8-7-13-29(6,32)26-25(33-19(3)30)17-24-22-10-9-20-16-21(31)11-14-27(20,4)23(22)12-15-28(24,26)5/h8,16,22-26,32H,7,9-15,17H2,1-6H3. The average molecular weight is 457 g/mol. The minimum Gasteiger partial charge on any atom is -0.462 e. The number of fused-ring (bicyclic) bond motifs is 5. The second kappa shape index (κ2) is 8.66. The molecule has 4 nitrogen and oxygen atoms in total. The van der Waals surface area contributed by atoms with Crippen LogP contribution in [0.15, 0.2) is 23.3 Å². The lowest BCUT2D eigenvalue weighted by Crippen LogP contribution is -2.54. The molecule has 0 spiro atoms. The normalized spacial score (nSPS) is 41.7. The minimum atomic E-state index is -0.886. The topological polar surface area (TPSA) is 63.6 Å². The van der Waals surface area contributed by atoms with Crippen molar-refractivity contribution in [2.45, 2.75) is 111 Å². The van der Waals surface area contributed by atoms with Crippen LogP contribution in [-0.4, -0.2) is 28.6 Å². The first kappa shape index (κ1) is 24.7. The molecule has 0 aliphatic heterocycles. The van der Waals surface area contributed by atoms with Gasteiger partial charge in [-0.25, -0.2) is 0 Å². The Morgan fingerprint density at radius 3 is 2.58 bits per heavy atom. The second-order valence-electron chi connectivity index (χ2n) is 12.6. The van der Waals surface area contributed by atoms with Crippen molar-refractivity contribution >= 4 is 11.8 Å². The summed E-state index contributed by atoms with van der Waals surface area (Å²) in [5, 5.41) is 11.8. The van der Waals surface area contributed by atoms with Gasteiger partial charge in [-0.15, -0.1) is 0 Å². The summed E-state index contributed by atoms with van der Waals surface area (Å²) in [6, 6.07) is 0. The van der Waals surface area contributed by atoms with E-state index in [-0.39, 0.29) is 28.8 Å². The Morgan fingerprint density at radius 1 is 1.18 bits per heavy atom. The largest absolute Gasteiger partial charge is 0.462 e. The van der Waals surface area contributed by atoms with Crippen molar-refractivity contribution in [1.82, 2.24) is 0 Å². The number of hydrogen-bond acceptors (Lipinski definition) is 4. The van der Waals surface area contributed by atoms with Gasteiger partial charge in [0.15, 0.2) is 5.78 Å². The molecule has 4 aliphatic carbocycles. The highest BCUT2D eigenvalue weighted by Crippen LogP contribution is 2.68. The van der Waals surface area contributed by atoms with Gasteiger partial charge in [0.2, 0.25) is 0 Å². The molecular formula is C29H44O4. The van der Waals surface area contributed by atoms with Crippen LogP contribution in [0.3, 0.4) is 0 Å². The van der Waals surface area contributed by atoms with Crippen molar-refractivity contribution < 1.29 is 19.4 Å². The summed E-state index contributed by atoms with van der Waals surface area (Å²) in [4.78, 5) is 24.2. The van der Waals surface area contributed by atoms with Crippen LogP contribution in [0.2, 0.25) is 0 Å². The fourth-order valence-corrected chi connectivity index (χ4v) is 8.80. The fourth-order valence-electron chi connectivity index (χ4n) is 8.80. The average Bonchev–Trinajstić information content (AvgIpc) is 3.00. The second-order valence-corrected chi connectivity index (χ2v) is 12.6. The Balaban J connectivity index is 1.65. The molecule has 0 aromatic heterocycles. The molecule has 33 heavy (non-hydrogen) atoms. The lowest BCUT2D eigenvalue weighted by atomic mass is 9.46. The van der Waals surface area contributed by atoms with Crippen LogP contribution in [0, 0.1) is 34.5 Å². The molecule has 0 aromatic rings. The molecule has 0 bridgehead atoms. The van der Waals surface area contributed by atoms with E-state index in [9.17, 15) is 14.7 Å². The highest BCUT2D eigenvalue weighted by Gasteiger charge is 2.65. The highest BCUT2D eigenvalue weighted by molar-refractivity contribution is 5.91. The molecule has 4 aliphatic rings. The lowest BCUT2D eigenvalue weighted by molar-refractivity contribution is -0.161. The molecule has 8 unspecified atom stereocenters. The predicted octanol–water partition coefficient (Wildman–Crippen LogP) is 6.17. The zero-order valence-corrected chi connectivity index (χ0v) is 21.6. The third-order valence-corrected chi connectivity index (χ3v) is 10.2. The Morgan fingerprint density at radius 2 is 1.91 bits per heavy atom. The van der Waals surface area contributed by atoms with E-state index in [0.29, 0.717) is 36.4 Å². The molecule has 1 N–H and O–H groups in total. The van der Waals surface area contributed by atoms with Crippen molar-refractivity contribution in [3.05, 3.63) is 23.3 Å². The molecular weight excluding hydrogens is 412 g/mol. The molecule has 184 valence electrons. The molecule has 3 fully saturated rings. The zero-order chi connectivity index (χ0) is 24.2. The highest BCUT2D eigenvalue weighted by atomic mass is 16.5. The van der Waals surface area contributed by atoms with Gasteiger partial charge in [0.1, 0.15) is 6.10 Å². The molecule has 8 atom stereocenters. The first-order valence-corrected chi connectivity index (χ1v) is 13.2. The van der Waals surface area contributed by atoms with Crippen LogP contribution in [0.25, 0.3) is 0 Å². The van der Waals surface area contributed by atoms with Crippen LogP contribution < -0.4 is 0 Å². The summed E-state index contributed by atoms with van der Waals surface area (Å²) < 4.78 is 5.95. The molecule has 3 saturated carbocycles. The summed E-state index contributed by atoms with van der Waals surface area (Å²) in [7, 11) is 0. The van der Waals surface area contributed by atoms with Crippen molar-refractivity contribution in [2.75, 3.05) is 0 Å². The van der Waals surface area contributed by atoms with Crippen molar-refractivity contribution in [3.8, 4) is 0 Å². The number of hydrogen-bond donors (Lipinski definition) is 1. The monoisotopic (exact) mass is 456 g/mol. The van der Waals surface area contributed by atoms with E-state index >= 15 is 0 Å².